The van der Waals surface area contributed by atoms with Crippen LogP contribution in [0.1, 0.15) is 42.7 Å². The predicted octanol–water partition coefficient (Wildman–Crippen LogP) is 2.94. The van der Waals surface area contributed by atoms with E-state index in [1.165, 1.54) is 17.2 Å². The van der Waals surface area contributed by atoms with E-state index in [9.17, 15) is 23.2 Å². The summed E-state index contributed by atoms with van der Waals surface area (Å²) in [6.07, 6.45) is 1.03. The Labute approximate surface area is 193 Å². The highest BCUT2D eigenvalue weighted by Crippen LogP contribution is 2.37. The molecule has 0 saturated heterocycles. The van der Waals surface area contributed by atoms with Gasteiger partial charge < -0.3 is 19.7 Å². The van der Waals surface area contributed by atoms with Crippen LogP contribution in [-0.4, -0.2) is 45.4 Å². The minimum atomic E-state index is -2.71. The lowest BCUT2D eigenvalue weighted by Gasteiger charge is -2.30. The SMILES string of the molecule is CN(C(=O)C1CCC(F)(F)CC1)c1ccc2c(c1)nc(NC(=O)c1ccno1)n2CCC(N)=O. The third kappa shape index (κ3) is 4.90. The molecule has 0 radical (unpaired) electrons. The summed E-state index contributed by atoms with van der Waals surface area (Å²) in [7, 11) is 1.59. The maximum Gasteiger partial charge on any atom is 0.296 e. The van der Waals surface area contributed by atoms with E-state index in [0.29, 0.717) is 16.7 Å². The molecule has 4 rings (SSSR count). The summed E-state index contributed by atoms with van der Waals surface area (Å²) in [5, 5.41) is 6.13. The Morgan fingerprint density at radius 3 is 2.65 bits per heavy atom. The average molecular weight is 474 g/mol. The summed E-state index contributed by atoms with van der Waals surface area (Å²) >= 11 is 0. The first-order chi connectivity index (χ1) is 16.1. The Bertz CT molecular complexity index is 1210. The first-order valence-corrected chi connectivity index (χ1v) is 10.8. The highest BCUT2D eigenvalue weighted by molar-refractivity contribution is 6.02. The van der Waals surface area contributed by atoms with E-state index in [1.807, 2.05) is 0 Å². The topological polar surface area (TPSA) is 136 Å². The molecular formula is C22H24F2N6O4. The van der Waals surface area contributed by atoms with Crippen molar-refractivity contribution in [1.29, 1.82) is 0 Å². The summed E-state index contributed by atoms with van der Waals surface area (Å²) in [5.74, 6) is -4.36. The number of alkyl halides is 2. The summed E-state index contributed by atoms with van der Waals surface area (Å²) in [6.45, 7) is 0.169. The number of carbonyl (C=O) groups excluding carboxylic acids is 3. The molecule has 1 aliphatic rings. The quantitative estimate of drug-likeness (QED) is 0.540. The van der Waals surface area contributed by atoms with Crippen molar-refractivity contribution in [1.82, 2.24) is 14.7 Å². The molecule has 0 aliphatic heterocycles. The summed E-state index contributed by atoms with van der Waals surface area (Å²) < 4.78 is 33.4. The summed E-state index contributed by atoms with van der Waals surface area (Å²) in [5.41, 5.74) is 6.89. The highest BCUT2D eigenvalue weighted by atomic mass is 19.3. The fraction of sp³-hybridized carbons (Fsp3) is 0.409. The normalized spacial score (nSPS) is 15.9. The molecule has 1 fully saturated rings. The van der Waals surface area contributed by atoms with Crippen molar-refractivity contribution in [2.24, 2.45) is 11.7 Å². The monoisotopic (exact) mass is 474 g/mol. The molecule has 0 spiro atoms. The molecule has 1 aliphatic carbocycles. The number of nitrogens with one attached hydrogen (secondary N) is 1. The van der Waals surface area contributed by atoms with Gasteiger partial charge in [-0.25, -0.2) is 13.8 Å². The van der Waals surface area contributed by atoms with Crippen molar-refractivity contribution >= 4 is 40.4 Å². The molecule has 2 aromatic heterocycles. The van der Waals surface area contributed by atoms with Crippen molar-refractivity contribution in [2.75, 3.05) is 17.3 Å². The van der Waals surface area contributed by atoms with E-state index in [-0.39, 0.29) is 56.3 Å². The molecule has 1 aromatic carbocycles. The number of anilines is 2. The first-order valence-electron chi connectivity index (χ1n) is 10.8. The van der Waals surface area contributed by atoms with Gasteiger partial charge in [0.15, 0.2) is 0 Å². The number of aryl methyl sites for hydroxylation is 1. The predicted molar refractivity (Wildman–Crippen MR) is 118 cm³/mol. The second-order valence-electron chi connectivity index (χ2n) is 8.33. The fourth-order valence-electron chi connectivity index (χ4n) is 4.05. The Morgan fingerprint density at radius 1 is 1.26 bits per heavy atom. The number of primary amides is 1. The number of aromatic nitrogens is 3. The second kappa shape index (κ2) is 9.20. The van der Waals surface area contributed by atoms with Crippen molar-refractivity contribution in [3.05, 3.63) is 36.2 Å². The van der Waals surface area contributed by atoms with Gasteiger partial charge in [0.2, 0.25) is 29.4 Å². The third-order valence-corrected chi connectivity index (χ3v) is 5.98. The molecule has 34 heavy (non-hydrogen) atoms. The smallest absolute Gasteiger partial charge is 0.296 e. The van der Waals surface area contributed by atoms with Gasteiger partial charge >= 0.3 is 0 Å². The number of nitrogens with zero attached hydrogens (tertiary/aromatic N) is 4. The van der Waals surface area contributed by atoms with Crippen LogP contribution in [0.15, 0.2) is 35.0 Å². The van der Waals surface area contributed by atoms with Crippen molar-refractivity contribution in [3.63, 3.8) is 0 Å². The highest BCUT2D eigenvalue weighted by Gasteiger charge is 2.38. The zero-order valence-corrected chi connectivity index (χ0v) is 18.5. The van der Waals surface area contributed by atoms with Gasteiger partial charge in [-0.3, -0.25) is 19.7 Å². The molecule has 3 N–H and O–H groups in total. The fourth-order valence-corrected chi connectivity index (χ4v) is 4.05. The zero-order chi connectivity index (χ0) is 24.5. The van der Waals surface area contributed by atoms with Gasteiger partial charge in [0.1, 0.15) is 0 Å². The standard InChI is InChI=1S/C22H24F2N6O4/c1-29(20(33)13-4-8-22(23,24)9-5-13)14-2-3-16-15(12-14)27-21(30(16)11-7-18(25)31)28-19(32)17-6-10-26-34-17/h2-3,6,10,12-13H,4-5,7-9,11H2,1H3,(H2,25,31)(H,27,28,32). The molecule has 180 valence electrons. The lowest BCUT2D eigenvalue weighted by Crippen LogP contribution is -2.37. The number of imidazole rings is 1. The molecule has 2 heterocycles. The number of amides is 3. The molecular weight excluding hydrogens is 450 g/mol. The van der Waals surface area contributed by atoms with E-state index in [2.05, 4.69) is 15.5 Å². The molecule has 0 bridgehead atoms. The van der Waals surface area contributed by atoms with Gasteiger partial charge in [-0.1, -0.05) is 5.16 Å². The van der Waals surface area contributed by atoms with Gasteiger partial charge in [0, 0.05) is 50.5 Å². The zero-order valence-electron chi connectivity index (χ0n) is 18.5. The van der Waals surface area contributed by atoms with Gasteiger partial charge in [-0.2, -0.15) is 0 Å². The largest absolute Gasteiger partial charge is 0.370 e. The second-order valence-corrected chi connectivity index (χ2v) is 8.33. The Kier molecular flexibility index (Phi) is 6.31. The number of benzene rings is 1. The van der Waals surface area contributed by atoms with Gasteiger partial charge in [-0.15, -0.1) is 0 Å². The van der Waals surface area contributed by atoms with Gasteiger partial charge in [0.05, 0.1) is 17.2 Å². The molecule has 10 nitrogen and oxygen atoms in total. The first kappa shape index (κ1) is 23.3. The van der Waals surface area contributed by atoms with Crippen LogP contribution in [0, 0.1) is 5.92 Å². The van der Waals surface area contributed by atoms with Crippen LogP contribution in [-0.2, 0) is 16.1 Å². The van der Waals surface area contributed by atoms with E-state index in [1.54, 1.807) is 29.8 Å². The van der Waals surface area contributed by atoms with Crippen molar-refractivity contribution in [2.45, 2.75) is 44.6 Å². The van der Waals surface area contributed by atoms with Crippen LogP contribution in [0.2, 0.25) is 0 Å². The van der Waals surface area contributed by atoms with Crippen LogP contribution >= 0.6 is 0 Å². The Morgan fingerprint density at radius 2 is 2.00 bits per heavy atom. The lowest BCUT2D eigenvalue weighted by molar-refractivity contribution is -0.126. The number of carbonyl (C=O) groups is 3. The number of hydrogen-bond acceptors (Lipinski definition) is 6. The van der Waals surface area contributed by atoms with E-state index in [4.69, 9.17) is 10.3 Å². The summed E-state index contributed by atoms with van der Waals surface area (Å²) in [4.78, 5) is 42.6. The molecule has 0 atom stereocenters. The molecule has 12 heteroatoms. The van der Waals surface area contributed by atoms with Gasteiger partial charge in [-0.05, 0) is 31.0 Å². The van der Waals surface area contributed by atoms with E-state index in [0.717, 1.165) is 0 Å². The molecule has 0 unspecified atom stereocenters. The Hall–Kier alpha value is -3.83. The number of fused-ring (bicyclic) bond motifs is 1. The minimum Gasteiger partial charge on any atom is -0.370 e. The Balaban J connectivity index is 1.60. The van der Waals surface area contributed by atoms with Gasteiger partial charge in [0.25, 0.3) is 5.91 Å². The third-order valence-electron chi connectivity index (χ3n) is 5.98. The summed E-state index contributed by atoms with van der Waals surface area (Å²) in [6, 6.07) is 6.46. The molecule has 3 amide bonds. The van der Waals surface area contributed by atoms with E-state index >= 15 is 0 Å². The van der Waals surface area contributed by atoms with Crippen molar-refractivity contribution < 1.29 is 27.7 Å². The number of halogens is 2. The average Bonchev–Trinajstić information content (AvgIpc) is 3.44. The number of rotatable bonds is 7. The molecule has 3 aromatic rings. The number of hydrogen-bond donors (Lipinski definition) is 2. The van der Waals surface area contributed by atoms with Crippen molar-refractivity contribution in [3.8, 4) is 0 Å². The number of nitrogens with two attached hydrogens (primary N) is 1. The maximum atomic E-state index is 13.5. The van der Waals surface area contributed by atoms with Crippen LogP contribution in [0.5, 0.6) is 0 Å². The minimum absolute atomic E-state index is 0.0161. The van der Waals surface area contributed by atoms with E-state index < -0.39 is 23.7 Å². The lowest BCUT2D eigenvalue weighted by atomic mass is 9.86. The van der Waals surface area contributed by atoms with Crippen LogP contribution in [0.3, 0.4) is 0 Å². The van der Waals surface area contributed by atoms with Crippen LogP contribution in [0.4, 0.5) is 20.4 Å². The molecule has 1 saturated carbocycles. The van der Waals surface area contributed by atoms with Crippen LogP contribution < -0.4 is 16.0 Å². The maximum absolute atomic E-state index is 13.5. The van der Waals surface area contributed by atoms with Crippen LogP contribution in [0.25, 0.3) is 11.0 Å².